The van der Waals surface area contributed by atoms with Gasteiger partial charge in [-0.15, -0.1) is 0 Å². The summed E-state index contributed by atoms with van der Waals surface area (Å²) in [5, 5.41) is 2.45. The number of carbonyl (C=O) groups is 4. The number of ether oxygens (including phenoxy) is 1. The van der Waals surface area contributed by atoms with Crippen molar-refractivity contribution in [2.45, 2.75) is 33.8 Å². The van der Waals surface area contributed by atoms with Crippen molar-refractivity contribution in [2.24, 2.45) is 0 Å². The number of hydrogen-bond donors (Lipinski definition) is 2. The van der Waals surface area contributed by atoms with Crippen molar-refractivity contribution >= 4 is 23.4 Å². The van der Waals surface area contributed by atoms with Crippen LogP contribution >= 0.6 is 0 Å². The highest BCUT2D eigenvalue weighted by atomic mass is 16.5. The minimum Gasteiger partial charge on any atom is -0.453 e. The molecule has 1 aromatic heterocycles. The fourth-order valence-electron chi connectivity index (χ4n) is 2.86. The van der Waals surface area contributed by atoms with Gasteiger partial charge in [-0.25, -0.2) is 0 Å². The van der Waals surface area contributed by atoms with Gasteiger partial charge < -0.3 is 15.0 Å². The minimum absolute atomic E-state index is 0.145. The van der Waals surface area contributed by atoms with Gasteiger partial charge in [0.05, 0.1) is 5.69 Å². The monoisotopic (exact) mass is 370 g/mol. The molecule has 0 unspecified atom stereocenters. The third-order valence-corrected chi connectivity index (χ3v) is 4.14. The van der Waals surface area contributed by atoms with Crippen LogP contribution in [0.1, 0.15) is 56.3 Å². The summed E-state index contributed by atoms with van der Waals surface area (Å²) in [6.07, 6.45) is -1.05. The van der Waals surface area contributed by atoms with Gasteiger partial charge in [-0.3, -0.25) is 19.2 Å². The Bertz CT molecular complexity index is 883. The van der Waals surface area contributed by atoms with E-state index < -0.39 is 23.8 Å². The summed E-state index contributed by atoms with van der Waals surface area (Å²) in [4.78, 5) is 51.0. The molecule has 1 atom stereocenters. The summed E-state index contributed by atoms with van der Waals surface area (Å²) in [7, 11) is 0. The van der Waals surface area contributed by atoms with Crippen LogP contribution in [-0.2, 0) is 9.53 Å². The van der Waals surface area contributed by atoms with Crippen molar-refractivity contribution in [2.75, 3.05) is 6.54 Å². The van der Waals surface area contributed by atoms with Crippen LogP contribution in [0.25, 0.3) is 0 Å². The molecule has 0 radical (unpaired) electrons. The summed E-state index contributed by atoms with van der Waals surface area (Å²) < 4.78 is 5.11. The maximum Gasteiger partial charge on any atom is 0.326 e. The highest BCUT2D eigenvalue weighted by molar-refractivity contribution is 6.05. The predicted molar refractivity (Wildman–Crippen MR) is 98.9 cm³/mol. The van der Waals surface area contributed by atoms with Gasteiger partial charge in [0.2, 0.25) is 5.78 Å². The van der Waals surface area contributed by atoms with Crippen LogP contribution in [0.3, 0.4) is 0 Å². The van der Waals surface area contributed by atoms with Crippen LogP contribution in [0.5, 0.6) is 0 Å². The number of H-pyrrole nitrogens is 1. The number of Topliss-reactive ketones (excluding diaryl/α,β-unsaturated/α-hetero) is 2. The van der Waals surface area contributed by atoms with Crippen LogP contribution in [0, 0.1) is 13.8 Å². The topological polar surface area (TPSA) is 105 Å². The van der Waals surface area contributed by atoms with Crippen LogP contribution in [0.2, 0.25) is 0 Å². The van der Waals surface area contributed by atoms with Gasteiger partial charge in [0.1, 0.15) is 6.54 Å². The van der Waals surface area contributed by atoms with Gasteiger partial charge in [0.25, 0.3) is 5.91 Å². The van der Waals surface area contributed by atoms with Gasteiger partial charge in [-0.1, -0.05) is 18.2 Å². The predicted octanol–water partition coefficient (Wildman–Crippen LogP) is 2.38. The number of hydrogen-bond acceptors (Lipinski definition) is 5. The Kier molecular flexibility index (Phi) is 6.28. The zero-order valence-corrected chi connectivity index (χ0v) is 15.7. The van der Waals surface area contributed by atoms with Crippen LogP contribution in [-0.4, -0.2) is 41.1 Å². The summed E-state index contributed by atoms with van der Waals surface area (Å²) in [5.41, 5.74) is 2.25. The van der Waals surface area contributed by atoms with Crippen molar-refractivity contribution in [3.05, 3.63) is 58.4 Å². The van der Waals surface area contributed by atoms with E-state index in [0.29, 0.717) is 22.4 Å². The molecule has 7 nitrogen and oxygen atoms in total. The number of amides is 1. The Hall–Kier alpha value is -3.22. The normalized spacial score (nSPS) is 11.6. The van der Waals surface area contributed by atoms with E-state index in [9.17, 15) is 19.2 Å². The zero-order chi connectivity index (χ0) is 20.1. The average molecular weight is 370 g/mol. The van der Waals surface area contributed by atoms with E-state index in [1.54, 1.807) is 44.2 Å². The molecule has 1 aromatic carbocycles. The first-order valence-corrected chi connectivity index (χ1v) is 8.49. The number of rotatable bonds is 7. The summed E-state index contributed by atoms with van der Waals surface area (Å²) in [6.45, 7) is 5.89. The zero-order valence-electron chi connectivity index (χ0n) is 15.7. The van der Waals surface area contributed by atoms with Gasteiger partial charge in [0.15, 0.2) is 11.9 Å². The Morgan fingerprint density at radius 1 is 1.11 bits per heavy atom. The number of ketones is 2. The molecule has 0 fully saturated rings. The number of esters is 1. The molecule has 0 bridgehead atoms. The summed E-state index contributed by atoms with van der Waals surface area (Å²) >= 11 is 0. The van der Waals surface area contributed by atoms with Crippen molar-refractivity contribution < 1.29 is 23.9 Å². The van der Waals surface area contributed by atoms with E-state index in [2.05, 4.69) is 10.3 Å². The molecule has 0 aliphatic heterocycles. The molecule has 0 saturated heterocycles. The second-order valence-electron chi connectivity index (χ2n) is 6.23. The molecule has 1 amide bonds. The number of aromatic amines is 1. The molecular weight excluding hydrogens is 348 g/mol. The molecule has 27 heavy (non-hydrogen) atoms. The molecule has 2 aromatic rings. The Labute approximate surface area is 157 Å². The molecule has 1 heterocycles. The third kappa shape index (κ3) is 4.69. The Balaban J connectivity index is 1.96. The SMILES string of the molecule is CC(=O)c1c(C)[nH]c(C(=O)[C@@H](C)OC(=O)CNC(=O)c2ccccc2)c1C. The van der Waals surface area contributed by atoms with E-state index in [1.165, 1.54) is 13.8 Å². The Morgan fingerprint density at radius 2 is 1.74 bits per heavy atom. The molecule has 0 saturated carbocycles. The molecule has 2 N–H and O–H groups in total. The maximum atomic E-state index is 12.5. The van der Waals surface area contributed by atoms with Crippen LogP contribution < -0.4 is 5.32 Å². The van der Waals surface area contributed by atoms with Gasteiger partial charge in [-0.2, -0.15) is 0 Å². The smallest absolute Gasteiger partial charge is 0.326 e. The van der Waals surface area contributed by atoms with Crippen molar-refractivity contribution in [3.8, 4) is 0 Å². The lowest BCUT2D eigenvalue weighted by molar-refractivity contribution is -0.145. The molecule has 7 heteroatoms. The molecule has 2 rings (SSSR count). The van der Waals surface area contributed by atoms with Gasteiger partial charge in [0, 0.05) is 16.8 Å². The van der Waals surface area contributed by atoms with Crippen molar-refractivity contribution in [1.82, 2.24) is 10.3 Å². The van der Waals surface area contributed by atoms with Crippen LogP contribution in [0.15, 0.2) is 30.3 Å². The lowest BCUT2D eigenvalue weighted by Crippen LogP contribution is -2.34. The highest BCUT2D eigenvalue weighted by Gasteiger charge is 2.26. The van der Waals surface area contributed by atoms with Crippen molar-refractivity contribution in [3.63, 3.8) is 0 Å². The first kappa shape index (κ1) is 20.1. The quantitative estimate of drug-likeness (QED) is 0.575. The summed E-state index contributed by atoms with van der Waals surface area (Å²) in [5.74, 6) is -1.72. The maximum absolute atomic E-state index is 12.5. The standard InChI is InChI=1S/C20H22N2O5/c1-11-17(13(3)23)12(2)22-18(11)19(25)14(4)27-16(24)10-21-20(26)15-8-6-5-7-9-15/h5-9,14,22H,10H2,1-4H3,(H,21,26)/t14-/m1/s1. The number of nitrogens with one attached hydrogen (secondary N) is 2. The number of aryl methyl sites for hydroxylation is 1. The number of carbonyl (C=O) groups excluding carboxylic acids is 4. The fraction of sp³-hybridized carbons (Fsp3) is 0.300. The molecule has 142 valence electrons. The van der Waals surface area contributed by atoms with E-state index in [-0.39, 0.29) is 18.0 Å². The third-order valence-electron chi connectivity index (χ3n) is 4.14. The van der Waals surface area contributed by atoms with E-state index in [0.717, 1.165) is 0 Å². The summed E-state index contributed by atoms with van der Waals surface area (Å²) in [6, 6.07) is 8.44. The number of benzene rings is 1. The van der Waals surface area contributed by atoms with E-state index in [4.69, 9.17) is 4.74 Å². The van der Waals surface area contributed by atoms with Crippen LogP contribution in [0.4, 0.5) is 0 Å². The first-order chi connectivity index (χ1) is 12.7. The minimum atomic E-state index is -1.05. The molecular formula is C20H22N2O5. The van der Waals surface area contributed by atoms with Gasteiger partial charge >= 0.3 is 5.97 Å². The second-order valence-corrected chi connectivity index (χ2v) is 6.23. The average Bonchev–Trinajstić information content (AvgIpc) is 2.94. The largest absolute Gasteiger partial charge is 0.453 e. The highest BCUT2D eigenvalue weighted by Crippen LogP contribution is 2.20. The number of aromatic nitrogens is 1. The van der Waals surface area contributed by atoms with E-state index in [1.807, 2.05) is 0 Å². The van der Waals surface area contributed by atoms with E-state index >= 15 is 0 Å². The van der Waals surface area contributed by atoms with Gasteiger partial charge in [-0.05, 0) is 45.4 Å². The second kappa shape index (κ2) is 8.44. The fourth-order valence-corrected chi connectivity index (χ4v) is 2.86. The Morgan fingerprint density at radius 3 is 2.30 bits per heavy atom. The lowest BCUT2D eigenvalue weighted by atomic mass is 10.0. The molecule has 0 aliphatic carbocycles. The lowest BCUT2D eigenvalue weighted by Gasteiger charge is -2.12. The molecule has 0 aliphatic rings. The van der Waals surface area contributed by atoms with Crippen molar-refractivity contribution in [1.29, 1.82) is 0 Å². The molecule has 0 spiro atoms. The first-order valence-electron chi connectivity index (χ1n) is 8.49.